The third kappa shape index (κ3) is 5.33. The number of rotatable bonds is 6. The minimum atomic E-state index is -0.951. The Bertz CT molecular complexity index is 463. The fraction of sp³-hybridized carbons (Fsp3) is 0.533. The predicted octanol–water partition coefficient (Wildman–Crippen LogP) is 2.36. The van der Waals surface area contributed by atoms with E-state index in [0.29, 0.717) is 24.5 Å². The van der Waals surface area contributed by atoms with E-state index in [4.69, 9.17) is 4.74 Å². The van der Waals surface area contributed by atoms with Crippen molar-refractivity contribution < 1.29 is 13.7 Å². The molecule has 20 heavy (non-hydrogen) atoms. The zero-order valence-electron chi connectivity index (χ0n) is 12.6. The average molecular weight is 297 g/mol. The summed E-state index contributed by atoms with van der Waals surface area (Å²) in [4.78, 5) is 11.9. The maximum Gasteiger partial charge on any atom is 0.251 e. The quantitative estimate of drug-likeness (QED) is 0.877. The number of nitrogens with one attached hydrogen (secondary N) is 1. The van der Waals surface area contributed by atoms with Gasteiger partial charge in [-0.15, -0.1) is 0 Å². The van der Waals surface area contributed by atoms with Crippen molar-refractivity contribution in [3.05, 3.63) is 29.8 Å². The average Bonchev–Trinajstić information content (AvgIpc) is 2.38. The van der Waals surface area contributed by atoms with E-state index in [0.717, 1.165) is 5.75 Å². The monoisotopic (exact) mass is 297 g/mol. The van der Waals surface area contributed by atoms with E-state index in [9.17, 15) is 9.00 Å². The lowest BCUT2D eigenvalue weighted by molar-refractivity contribution is 0.0956. The van der Waals surface area contributed by atoms with Gasteiger partial charge in [0.15, 0.2) is 0 Å². The molecule has 0 aliphatic rings. The molecule has 0 spiro atoms. The smallest absolute Gasteiger partial charge is 0.251 e. The maximum atomic E-state index is 11.9. The Morgan fingerprint density at radius 3 is 2.35 bits per heavy atom. The van der Waals surface area contributed by atoms with Crippen LogP contribution in [-0.4, -0.2) is 33.8 Å². The van der Waals surface area contributed by atoms with Gasteiger partial charge in [-0.1, -0.05) is 0 Å². The first-order valence-electron chi connectivity index (χ1n) is 6.74. The third-order valence-corrected chi connectivity index (χ3v) is 4.62. The first-order chi connectivity index (χ1) is 9.34. The summed E-state index contributed by atoms with van der Waals surface area (Å²) in [5, 5.41) is 2.78. The van der Waals surface area contributed by atoms with Crippen LogP contribution in [0.5, 0.6) is 5.75 Å². The van der Waals surface area contributed by atoms with Crippen molar-refractivity contribution >= 4 is 16.7 Å². The maximum absolute atomic E-state index is 11.9. The Balaban J connectivity index is 2.45. The number of amides is 1. The van der Waals surface area contributed by atoms with Crippen molar-refractivity contribution in [1.29, 1.82) is 0 Å². The first-order valence-corrected chi connectivity index (χ1v) is 8.06. The molecule has 5 heteroatoms. The van der Waals surface area contributed by atoms with Crippen molar-refractivity contribution in [2.45, 2.75) is 32.4 Å². The number of benzene rings is 1. The number of hydrogen-bond donors (Lipinski definition) is 1. The van der Waals surface area contributed by atoms with Gasteiger partial charge < -0.3 is 10.1 Å². The number of hydrogen-bond acceptors (Lipinski definition) is 3. The highest BCUT2D eigenvalue weighted by Crippen LogP contribution is 2.12. The van der Waals surface area contributed by atoms with Gasteiger partial charge in [-0.05, 0) is 52.0 Å². The van der Waals surface area contributed by atoms with Gasteiger partial charge in [0.2, 0.25) is 0 Å². The van der Waals surface area contributed by atoms with E-state index in [1.54, 1.807) is 24.3 Å². The molecule has 112 valence electrons. The topological polar surface area (TPSA) is 55.4 Å². The van der Waals surface area contributed by atoms with Gasteiger partial charge in [0, 0.05) is 33.4 Å². The molecule has 1 atom stereocenters. The van der Waals surface area contributed by atoms with Crippen LogP contribution in [0, 0.1) is 0 Å². The van der Waals surface area contributed by atoms with Crippen LogP contribution in [0.15, 0.2) is 24.3 Å². The highest BCUT2D eigenvalue weighted by atomic mass is 32.2. The number of carbonyl (C=O) groups is 1. The second-order valence-electron chi connectivity index (χ2n) is 5.38. The molecule has 0 fully saturated rings. The summed E-state index contributed by atoms with van der Waals surface area (Å²) in [6.07, 6.45) is 0. The lowest BCUT2D eigenvalue weighted by atomic mass is 10.2. The summed E-state index contributed by atoms with van der Waals surface area (Å²) >= 11 is 0. The Morgan fingerprint density at radius 1 is 1.25 bits per heavy atom. The lowest BCUT2D eigenvalue weighted by Crippen LogP contribution is -2.32. The van der Waals surface area contributed by atoms with Crippen molar-refractivity contribution in [3.8, 4) is 5.75 Å². The summed E-state index contributed by atoms with van der Waals surface area (Å²) in [5.41, 5.74) is 0.579. The van der Waals surface area contributed by atoms with Gasteiger partial charge in [0.1, 0.15) is 5.75 Å². The van der Waals surface area contributed by atoms with Crippen LogP contribution in [0.2, 0.25) is 0 Å². The Morgan fingerprint density at radius 2 is 1.85 bits per heavy atom. The minimum absolute atomic E-state index is 0.154. The fourth-order valence-corrected chi connectivity index (χ4v) is 2.43. The van der Waals surface area contributed by atoms with Gasteiger partial charge in [0.25, 0.3) is 5.91 Å². The molecule has 1 rings (SSSR count). The van der Waals surface area contributed by atoms with Gasteiger partial charge >= 0.3 is 0 Å². The summed E-state index contributed by atoms with van der Waals surface area (Å²) < 4.78 is 16.9. The molecule has 1 N–H and O–H groups in total. The molecular weight excluding hydrogens is 274 g/mol. The normalized spacial score (nSPS) is 12.8. The minimum Gasteiger partial charge on any atom is -0.494 e. The molecule has 1 amide bonds. The second-order valence-corrected chi connectivity index (χ2v) is 7.70. The SMILES string of the molecule is CCOc1ccc(C(=O)NCC[S@](=O)C(C)(C)C)cc1. The zero-order valence-corrected chi connectivity index (χ0v) is 13.4. The highest BCUT2D eigenvalue weighted by molar-refractivity contribution is 7.86. The predicted molar refractivity (Wildman–Crippen MR) is 82.7 cm³/mol. The molecular formula is C15H23NO3S. The van der Waals surface area contributed by atoms with Gasteiger partial charge in [-0.25, -0.2) is 0 Å². The second kappa shape index (κ2) is 7.43. The molecule has 0 aliphatic heterocycles. The Kier molecular flexibility index (Phi) is 6.20. The largest absolute Gasteiger partial charge is 0.494 e. The van der Waals surface area contributed by atoms with Crippen molar-refractivity contribution in [3.63, 3.8) is 0 Å². The van der Waals surface area contributed by atoms with Crippen molar-refractivity contribution in [2.75, 3.05) is 18.9 Å². The molecule has 1 aromatic carbocycles. The molecule has 0 saturated heterocycles. The Labute approximate surface area is 123 Å². The molecule has 4 nitrogen and oxygen atoms in total. The van der Waals surface area contributed by atoms with Crippen LogP contribution in [0.1, 0.15) is 38.1 Å². The van der Waals surface area contributed by atoms with Crippen LogP contribution in [0.3, 0.4) is 0 Å². The molecule has 0 unspecified atom stereocenters. The summed E-state index contributed by atoms with van der Waals surface area (Å²) in [7, 11) is -0.951. The van der Waals surface area contributed by atoms with Crippen LogP contribution in [0.4, 0.5) is 0 Å². The molecule has 0 aliphatic carbocycles. The number of carbonyl (C=O) groups excluding carboxylic acids is 1. The lowest BCUT2D eigenvalue weighted by Gasteiger charge is -2.17. The van der Waals surface area contributed by atoms with E-state index >= 15 is 0 Å². The van der Waals surface area contributed by atoms with E-state index < -0.39 is 10.8 Å². The van der Waals surface area contributed by atoms with E-state index in [1.165, 1.54) is 0 Å². The third-order valence-electron chi connectivity index (χ3n) is 2.68. The number of ether oxygens (including phenoxy) is 1. The zero-order chi connectivity index (χ0) is 15.2. The van der Waals surface area contributed by atoms with Crippen LogP contribution in [-0.2, 0) is 10.8 Å². The molecule has 0 saturated carbocycles. The summed E-state index contributed by atoms with van der Waals surface area (Å²) in [6.45, 7) is 8.71. The van der Waals surface area contributed by atoms with Crippen LogP contribution in [0.25, 0.3) is 0 Å². The molecule has 1 aromatic rings. The van der Waals surface area contributed by atoms with Crippen molar-refractivity contribution in [1.82, 2.24) is 5.32 Å². The fourth-order valence-electron chi connectivity index (χ4n) is 1.53. The van der Waals surface area contributed by atoms with Crippen LogP contribution < -0.4 is 10.1 Å². The van der Waals surface area contributed by atoms with Crippen LogP contribution >= 0.6 is 0 Å². The Hall–Kier alpha value is -1.36. The van der Waals surface area contributed by atoms with Crippen molar-refractivity contribution in [2.24, 2.45) is 0 Å². The molecule has 0 aromatic heterocycles. The highest BCUT2D eigenvalue weighted by Gasteiger charge is 2.18. The van der Waals surface area contributed by atoms with Gasteiger partial charge in [-0.3, -0.25) is 9.00 Å². The standard InChI is InChI=1S/C15H23NO3S/c1-5-19-13-8-6-12(7-9-13)14(17)16-10-11-20(18)15(2,3)4/h6-9H,5,10-11H2,1-4H3,(H,16,17)/t20-/m0/s1. The summed E-state index contributed by atoms with van der Waals surface area (Å²) in [6, 6.07) is 6.99. The molecule has 0 heterocycles. The molecule has 0 bridgehead atoms. The molecule has 0 radical (unpaired) electrons. The van der Waals surface area contributed by atoms with E-state index in [2.05, 4.69) is 5.32 Å². The van der Waals surface area contributed by atoms with E-state index in [-0.39, 0.29) is 10.7 Å². The first kappa shape index (κ1) is 16.7. The van der Waals surface area contributed by atoms with Gasteiger partial charge in [-0.2, -0.15) is 0 Å². The van der Waals surface area contributed by atoms with E-state index in [1.807, 2.05) is 27.7 Å². The summed E-state index contributed by atoms with van der Waals surface area (Å²) in [5.74, 6) is 1.06. The van der Waals surface area contributed by atoms with Gasteiger partial charge in [0.05, 0.1) is 6.61 Å².